The number of hydrogen-bond donors (Lipinski definition) is 1. The standard InChI is InChI=1S/C17H17N3O2S/c1-17(2)6-9(21)12-10(7-17)22-16-14(15(18)19-8-20-16)13(12)11-4-3-5-23-11/h3-5,8,13H,6-7H2,1-2H3,(H2,18,19,20). The molecule has 0 spiro atoms. The summed E-state index contributed by atoms with van der Waals surface area (Å²) in [5, 5.41) is 2.00. The van der Waals surface area contributed by atoms with Crippen molar-refractivity contribution < 1.29 is 9.53 Å². The Balaban J connectivity index is 1.96. The molecule has 2 aromatic rings. The molecule has 0 radical (unpaired) electrons. The maximum atomic E-state index is 12.9. The molecule has 2 aromatic heterocycles. The lowest BCUT2D eigenvalue weighted by molar-refractivity contribution is -0.118. The molecule has 0 aromatic carbocycles. The Bertz CT molecular complexity index is 824. The fraction of sp³-hybridized carbons (Fsp3) is 0.353. The van der Waals surface area contributed by atoms with E-state index in [1.54, 1.807) is 11.3 Å². The Kier molecular flexibility index (Phi) is 3.06. The Morgan fingerprint density at radius 3 is 2.91 bits per heavy atom. The molecule has 0 bridgehead atoms. The topological polar surface area (TPSA) is 78.1 Å². The first kappa shape index (κ1) is 14.4. The lowest BCUT2D eigenvalue weighted by Crippen LogP contribution is -2.33. The molecular formula is C17H17N3O2S. The van der Waals surface area contributed by atoms with Gasteiger partial charge in [-0.15, -0.1) is 11.3 Å². The molecule has 23 heavy (non-hydrogen) atoms. The number of fused-ring (bicyclic) bond motifs is 1. The summed E-state index contributed by atoms with van der Waals surface area (Å²) < 4.78 is 5.98. The number of allylic oxidation sites excluding steroid dienone is 2. The molecule has 1 unspecified atom stereocenters. The average molecular weight is 327 g/mol. The van der Waals surface area contributed by atoms with Gasteiger partial charge in [0.2, 0.25) is 5.88 Å². The lowest BCUT2D eigenvalue weighted by Gasteiger charge is -2.37. The first-order valence-corrected chi connectivity index (χ1v) is 8.42. The SMILES string of the molecule is CC1(C)CC(=O)C2=C(C1)Oc1ncnc(N)c1C2c1cccs1. The smallest absolute Gasteiger partial charge is 0.228 e. The summed E-state index contributed by atoms with van der Waals surface area (Å²) in [4.78, 5) is 22.3. The number of nitrogen functional groups attached to an aromatic ring is 1. The molecule has 6 heteroatoms. The van der Waals surface area contributed by atoms with Crippen LogP contribution in [0.5, 0.6) is 5.88 Å². The molecule has 1 aliphatic heterocycles. The van der Waals surface area contributed by atoms with Crippen LogP contribution in [0.4, 0.5) is 5.82 Å². The maximum Gasteiger partial charge on any atom is 0.228 e. The zero-order valence-corrected chi connectivity index (χ0v) is 13.8. The molecule has 0 fully saturated rings. The van der Waals surface area contributed by atoms with Crippen molar-refractivity contribution in [1.82, 2.24) is 9.97 Å². The number of nitrogens with zero attached hydrogens (tertiary/aromatic N) is 2. The van der Waals surface area contributed by atoms with Crippen molar-refractivity contribution in [3.63, 3.8) is 0 Å². The lowest BCUT2D eigenvalue weighted by atomic mass is 9.71. The highest BCUT2D eigenvalue weighted by atomic mass is 32.1. The number of Topliss-reactive ketones (excluding diaryl/α,β-unsaturated/α-hetero) is 1. The quantitative estimate of drug-likeness (QED) is 0.869. The van der Waals surface area contributed by atoms with Crippen molar-refractivity contribution in [2.45, 2.75) is 32.6 Å². The van der Waals surface area contributed by atoms with Crippen molar-refractivity contribution in [2.24, 2.45) is 5.41 Å². The Morgan fingerprint density at radius 1 is 1.35 bits per heavy atom. The third kappa shape index (κ3) is 2.25. The molecule has 4 rings (SSSR count). The van der Waals surface area contributed by atoms with Gasteiger partial charge in [-0.1, -0.05) is 19.9 Å². The van der Waals surface area contributed by atoms with E-state index in [0.29, 0.717) is 23.7 Å². The molecule has 2 N–H and O–H groups in total. The summed E-state index contributed by atoms with van der Waals surface area (Å²) in [6.45, 7) is 4.17. The van der Waals surface area contributed by atoms with Crippen LogP contribution in [0.25, 0.3) is 0 Å². The number of hydrogen-bond acceptors (Lipinski definition) is 6. The summed E-state index contributed by atoms with van der Waals surface area (Å²) in [6.07, 6.45) is 2.64. The fourth-order valence-corrected chi connectivity index (χ4v) is 4.28. The maximum absolute atomic E-state index is 12.9. The van der Waals surface area contributed by atoms with Gasteiger partial charge in [0, 0.05) is 23.3 Å². The molecule has 0 saturated heterocycles. The highest BCUT2D eigenvalue weighted by Gasteiger charge is 2.43. The van der Waals surface area contributed by atoms with E-state index < -0.39 is 0 Å². The van der Waals surface area contributed by atoms with Crippen molar-refractivity contribution >= 4 is 22.9 Å². The predicted molar refractivity (Wildman–Crippen MR) is 88.3 cm³/mol. The zero-order valence-electron chi connectivity index (χ0n) is 13.0. The third-order valence-corrected chi connectivity index (χ3v) is 5.32. The van der Waals surface area contributed by atoms with Crippen LogP contribution >= 0.6 is 11.3 Å². The van der Waals surface area contributed by atoms with Crippen molar-refractivity contribution in [3.05, 3.63) is 45.6 Å². The minimum Gasteiger partial charge on any atom is -0.442 e. The normalized spacial score (nSPS) is 22.3. The van der Waals surface area contributed by atoms with Gasteiger partial charge < -0.3 is 10.5 Å². The molecule has 3 heterocycles. The summed E-state index contributed by atoms with van der Waals surface area (Å²) in [6, 6.07) is 4.00. The van der Waals surface area contributed by atoms with Crippen molar-refractivity contribution in [2.75, 3.05) is 5.73 Å². The number of rotatable bonds is 1. The van der Waals surface area contributed by atoms with E-state index in [-0.39, 0.29) is 17.1 Å². The monoisotopic (exact) mass is 327 g/mol. The van der Waals surface area contributed by atoms with E-state index in [2.05, 4.69) is 23.8 Å². The van der Waals surface area contributed by atoms with Gasteiger partial charge in [-0.25, -0.2) is 9.97 Å². The predicted octanol–water partition coefficient (Wildman–Crippen LogP) is 3.29. The van der Waals surface area contributed by atoms with E-state index in [9.17, 15) is 4.79 Å². The Hall–Kier alpha value is -2.21. The van der Waals surface area contributed by atoms with Gasteiger partial charge in [-0.05, 0) is 16.9 Å². The fourth-order valence-electron chi connectivity index (χ4n) is 3.44. The van der Waals surface area contributed by atoms with Crippen LogP contribution in [0.3, 0.4) is 0 Å². The van der Waals surface area contributed by atoms with Crippen LogP contribution in [0.15, 0.2) is 35.2 Å². The van der Waals surface area contributed by atoms with Gasteiger partial charge in [-0.3, -0.25) is 4.79 Å². The summed E-state index contributed by atoms with van der Waals surface area (Å²) in [5.74, 6) is 1.48. The Morgan fingerprint density at radius 2 is 2.17 bits per heavy atom. The molecule has 5 nitrogen and oxygen atoms in total. The molecule has 1 atom stereocenters. The first-order chi connectivity index (χ1) is 11.0. The number of aromatic nitrogens is 2. The Labute approximate surface area is 138 Å². The third-order valence-electron chi connectivity index (χ3n) is 4.38. The van der Waals surface area contributed by atoms with Gasteiger partial charge in [0.25, 0.3) is 0 Å². The second-order valence-electron chi connectivity index (χ2n) is 6.81. The molecule has 0 amide bonds. The second-order valence-corrected chi connectivity index (χ2v) is 7.79. The van der Waals surface area contributed by atoms with Crippen molar-refractivity contribution in [3.8, 4) is 5.88 Å². The van der Waals surface area contributed by atoms with E-state index >= 15 is 0 Å². The summed E-state index contributed by atoms with van der Waals surface area (Å²) in [5.41, 5.74) is 7.43. The average Bonchev–Trinajstić information content (AvgIpc) is 2.97. The number of ketones is 1. The van der Waals surface area contributed by atoms with E-state index in [0.717, 1.165) is 22.6 Å². The van der Waals surface area contributed by atoms with Gasteiger partial charge in [0.05, 0.1) is 11.5 Å². The molecule has 1 aliphatic carbocycles. The molecule has 2 aliphatic rings. The van der Waals surface area contributed by atoms with Gasteiger partial charge in [-0.2, -0.15) is 0 Å². The van der Waals surface area contributed by atoms with Gasteiger partial charge in [0.1, 0.15) is 17.9 Å². The number of carbonyl (C=O) groups is 1. The van der Waals surface area contributed by atoms with Crippen LogP contribution in [0, 0.1) is 5.41 Å². The van der Waals surface area contributed by atoms with Crippen LogP contribution in [-0.4, -0.2) is 15.8 Å². The minimum atomic E-state index is -0.224. The van der Waals surface area contributed by atoms with Crippen LogP contribution in [0.1, 0.15) is 43.0 Å². The van der Waals surface area contributed by atoms with E-state index in [1.807, 2.05) is 17.5 Å². The first-order valence-electron chi connectivity index (χ1n) is 7.54. The number of thiophene rings is 1. The molecule has 118 valence electrons. The number of anilines is 1. The van der Waals surface area contributed by atoms with Crippen molar-refractivity contribution in [1.29, 1.82) is 0 Å². The number of ether oxygens (including phenoxy) is 1. The largest absolute Gasteiger partial charge is 0.442 e. The van der Waals surface area contributed by atoms with Gasteiger partial charge >= 0.3 is 0 Å². The number of nitrogens with two attached hydrogens (primary N) is 1. The van der Waals surface area contributed by atoms with Crippen LogP contribution in [0.2, 0.25) is 0 Å². The summed E-state index contributed by atoms with van der Waals surface area (Å²) >= 11 is 1.61. The molecular weight excluding hydrogens is 310 g/mol. The highest BCUT2D eigenvalue weighted by Crippen LogP contribution is 2.51. The van der Waals surface area contributed by atoms with E-state index in [4.69, 9.17) is 10.5 Å². The number of carbonyl (C=O) groups excluding carboxylic acids is 1. The van der Waals surface area contributed by atoms with Crippen LogP contribution in [-0.2, 0) is 4.79 Å². The molecule has 0 saturated carbocycles. The second kappa shape index (κ2) is 4.89. The van der Waals surface area contributed by atoms with Crippen LogP contribution < -0.4 is 10.5 Å². The highest BCUT2D eigenvalue weighted by molar-refractivity contribution is 7.10. The zero-order chi connectivity index (χ0) is 16.2. The van der Waals surface area contributed by atoms with Gasteiger partial charge in [0.15, 0.2) is 5.78 Å². The summed E-state index contributed by atoms with van der Waals surface area (Å²) in [7, 11) is 0. The minimum absolute atomic E-state index is 0.105. The van der Waals surface area contributed by atoms with E-state index in [1.165, 1.54) is 6.33 Å².